The number of carbonyl (C=O) groups is 3. The van der Waals surface area contributed by atoms with Gasteiger partial charge in [0.1, 0.15) is 16.6 Å². The van der Waals surface area contributed by atoms with E-state index in [9.17, 15) is 14.4 Å². The highest BCUT2D eigenvalue weighted by Crippen LogP contribution is 2.38. The van der Waals surface area contributed by atoms with Gasteiger partial charge >= 0.3 is 0 Å². The number of hydrogen-bond donors (Lipinski definition) is 4. The second-order valence-corrected chi connectivity index (χ2v) is 11.4. The third-order valence-electron chi connectivity index (χ3n) is 6.56. The normalized spacial score (nSPS) is 12.3. The fourth-order valence-corrected chi connectivity index (χ4v) is 6.40. The molecule has 2 aromatic carbocycles. The highest BCUT2D eigenvalue weighted by Gasteiger charge is 2.26. The van der Waals surface area contributed by atoms with E-state index in [1.807, 2.05) is 30.3 Å². The van der Waals surface area contributed by atoms with E-state index in [1.54, 1.807) is 31.4 Å². The number of methoxy groups -OCH3 is 1. The minimum absolute atomic E-state index is 0.0726. The molecular weight excluding hydrogens is 560 g/mol. The predicted molar refractivity (Wildman–Crippen MR) is 158 cm³/mol. The van der Waals surface area contributed by atoms with Crippen molar-refractivity contribution in [3.05, 3.63) is 87.6 Å². The predicted octanol–water partition coefficient (Wildman–Crippen LogP) is 4.34. The Kier molecular flexibility index (Phi) is 9.32. The Morgan fingerprint density at radius 2 is 1.73 bits per heavy atom. The van der Waals surface area contributed by atoms with E-state index in [1.165, 1.54) is 28.0 Å². The van der Waals surface area contributed by atoms with Crippen molar-refractivity contribution in [3.63, 3.8) is 0 Å². The Morgan fingerprint density at radius 1 is 0.976 bits per heavy atom. The van der Waals surface area contributed by atoms with Crippen LogP contribution in [0, 0.1) is 0 Å². The number of carbonyl (C=O) groups excluding carboxylic acids is 3. The van der Waals surface area contributed by atoms with Crippen LogP contribution >= 0.6 is 23.1 Å². The minimum Gasteiger partial charge on any atom is -0.497 e. The van der Waals surface area contributed by atoms with Crippen LogP contribution in [0.3, 0.4) is 0 Å². The summed E-state index contributed by atoms with van der Waals surface area (Å²) in [5.41, 5.74) is 3.13. The number of nitrogens with zero attached hydrogens (tertiary/aromatic N) is 2. The number of anilines is 1. The monoisotopic (exact) mass is 590 g/mol. The van der Waals surface area contributed by atoms with Crippen LogP contribution in [0.25, 0.3) is 0 Å². The van der Waals surface area contributed by atoms with E-state index in [2.05, 4.69) is 31.1 Å². The van der Waals surface area contributed by atoms with Gasteiger partial charge in [-0.2, -0.15) is 0 Å². The summed E-state index contributed by atoms with van der Waals surface area (Å²) in [5.74, 6) is 0.543. The van der Waals surface area contributed by atoms with Crippen LogP contribution in [0.15, 0.2) is 59.8 Å². The molecule has 41 heavy (non-hydrogen) atoms. The zero-order chi connectivity index (χ0) is 28.6. The van der Waals surface area contributed by atoms with Gasteiger partial charge in [-0.1, -0.05) is 42.1 Å². The van der Waals surface area contributed by atoms with Gasteiger partial charge in [0.15, 0.2) is 0 Å². The molecule has 1 aliphatic rings. The van der Waals surface area contributed by atoms with Gasteiger partial charge in [-0.15, -0.1) is 16.4 Å². The van der Waals surface area contributed by atoms with Gasteiger partial charge in [0.05, 0.1) is 25.0 Å². The van der Waals surface area contributed by atoms with Crippen LogP contribution in [0.4, 0.5) is 5.00 Å². The molecule has 4 N–H and O–H groups in total. The molecule has 0 spiro atoms. The van der Waals surface area contributed by atoms with Gasteiger partial charge in [0.25, 0.3) is 11.8 Å². The number of H-pyrrole nitrogens is 1. The van der Waals surface area contributed by atoms with Crippen molar-refractivity contribution in [3.8, 4) is 5.75 Å². The number of benzene rings is 2. The maximum atomic E-state index is 13.2. The van der Waals surface area contributed by atoms with E-state index in [4.69, 9.17) is 4.74 Å². The maximum Gasteiger partial charge on any atom is 0.254 e. The summed E-state index contributed by atoms with van der Waals surface area (Å²) in [5, 5.41) is 16.7. The third kappa shape index (κ3) is 7.33. The number of nitrogens with one attached hydrogen (secondary N) is 4. The number of hydrogen-bond acceptors (Lipinski definition) is 8. The van der Waals surface area contributed by atoms with Gasteiger partial charge in [-0.25, -0.2) is 4.98 Å². The molecule has 12 heteroatoms. The first kappa shape index (κ1) is 28.4. The molecule has 0 unspecified atom stereocenters. The Bertz CT molecular complexity index is 1520. The Hall–Kier alpha value is -4.16. The van der Waals surface area contributed by atoms with Crippen LogP contribution < -0.4 is 20.7 Å². The molecule has 0 bridgehead atoms. The SMILES string of the molecule is COc1ccc(C(=O)NCc2nc(SCC(=O)Nc3sc4c(c3C(=O)NCc3ccccc3)CCCC4)n[nH]2)cc1. The first-order chi connectivity index (χ1) is 20.0. The molecule has 5 rings (SSSR count). The molecule has 0 saturated carbocycles. The Labute approximate surface area is 245 Å². The van der Waals surface area contributed by atoms with Crippen LogP contribution in [-0.2, 0) is 30.7 Å². The summed E-state index contributed by atoms with van der Waals surface area (Å²) in [6.45, 7) is 0.577. The zero-order valence-electron chi connectivity index (χ0n) is 22.5. The molecule has 2 heterocycles. The zero-order valence-corrected chi connectivity index (χ0v) is 24.1. The second-order valence-electron chi connectivity index (χ2n) is 9.40. The fraction of sp³-hybridized carbons (Fsp3) is 0.276. The molecule has 0 fully saturated rings. The Balaban J connectivity index is 1.15. The van der Waals surface area contributed by atoms with Crippen molar-refractivity contribution < 1.29 is 19.1 Å². The molecule has 1 aliphatic carbocycles. The number of thiophene rings is 1. The van der Waals surface area contributed by atoms with Crippen LogP contribution in [0.1, 0.15) is 55.4 Å². The van der Waals surface area contributed by atoms with Crippen molar-refractivity contribution in [2.45, 2.75) is 43.9 Å². The van der Waals surface area contributed by atoms with Gasteiger partial charge in [0.2, 0.25) is 11.1 Å². The molecule has 0 atom stereocenters. The molecule has 10 nitrogen and oxygen atoms in total. The summed E-state index contributed by atoms with van der Waals surface area (Å²) in [7, 11) is 1.57. The van der Waals surface area contributed by atoms with Crippen molar-refractivity contribution in [1.82, 2.24) is 25.8 Å². The second kappa shape index (κ2) is 13.5. The standard InChI is InChI=1S/C29H30N6O4S2/c1-39-20-13-11-19(12-14-20)26(37)31-16-23-32-29(35-34-23)40-17-24(36)33-28-25(21-9-5-6-10-22(21)41-28)27(38)30-15-18-7-3-2-4-8-18/h2-4,7-8,11-14H,5-6,9-10,15-17H2,1H3,(H,30,38)(H,31,37)(H,33,36)(H,32,34,35). The first-order valence-corrected chi connectivity index (χ1v) is 15.0. The van der Waals surface area contributed by atoms with E-state index in [-0.39, 0.29) is 30.0 Å². The van der Waals surface area contributed by atoms with Gasteiger partial charge in [0, 0.05) is 17.0 Å². The number of rotatable bonds is 11. The van der Waals surface area contributed by atoms with E-state index >= 15 is 0 Å². The van der Waals surface area contributed by atoms with Crippen LogP contribution in [-0.4, -0.2) is 45.8 Å². The largest absolute Gasteiger partial charge is 0.497 e. The molecule has 0 saturated heterocycles. The first-order valence-electron chi connectivity index (χ1n) is 13.2. The van der Waals surface area contributed by atoms with Gasteiger partial charge in [-0.3, -0.25) is 19.5 Å². The topological polar surface area (TPSA) is 138 Å². The van der Waals surface area contributed by atoms with Crippen molar-refractivity contribution >= 4 is 45.8 Å². The highest BCUT2D eigenvalue weighted by atomic mass is 32.2. The quantitative estimate of drug-likeness (QED) is 0.191. The lowest BCUT2D eigenvalue weighted by Gasteiger charge is -2.13. The van der Waals surface area contributed by atoms with Crippen molar-refractivity contribution in [2.75, 3.05) is 18.2 Å². The summed E-state index contributed by atoms with van der Waals surface area (Å²) in [6.07, 6.45) is 3.85. The molecule has 0 aliphatic heterocycles. The molecular formula is C29H30N6O4S2. The summed E-state index contributed by atoms with van der Waals surface area (Å²) >= 11 is 2.66. The number of aromatic amines is 1. The van der Waals surface area contributed by atoms with Crippen LogP contribution in [0.5, 0.6) is 5.75 Å². The number of amides is 3. The molecule has 2 aromatic heterocycles. The van der Waals surface area contributed by atoms with Crippen molar-refractivity contribution in [1.29, 1.82) is 0 Å². The number of fused-ring (bicyclic) bond motifs is 1. The average Bonchev–Trinajstić information content (AvgIpc) is 3.62. The van der Waals surface area contributed by atoms with E-state index in [0.717, 1.165) is 36.8 Å². The molecule has 0 radical (unpaired) electrons. The lowest BCUT2D eigenvalue weighted by molar-refractivity contribution is -0.113. The minimum atomic E-state index is -0.250. The van der Waals surface area contributed by atoms with E-state index in [0.29, 0.717) is 39.4 Å². The fourth-order valence-electron chi connectivity index (χ4n) is 4.48. The third-order valence-corrected chi connectivity index (χ3v) is 8.61. The lowest BCUT2D eigenvalue weighted by atomic mass is 9.95. The molecule has 4 aromatic rings. The lowest BCUT2D eigenvalue weighted by Crippen LogP contribution is -2.25. The highest BCUT2D eigenvalue weighted by molar-refractivity contribution is 7.99. The number of aromatic nitrogens is 3. The van der Waals surface area contributed by atoms with Gasteiger partial charge < -0.3 is 20.7 Å². The van der Waals surface area contributed by atoms with E-state index < -0.39 is 0 Å². The number of aryl methyl sites for hydroxylation is 1. The Morgan fingerprint density at radius 3 is 2.51 bits per heavy atom. The molecule has 3 amide bonds. The average molecular weight is 591 g/mol. The maximum absolute atomic E-state index is 13.2. The number of thioether (sulfide) groups is 1. The molecule has 212 valence electrons. The summed E-state index contributed by atoms with van der Waals surface area (Å²) in [4.78, 5) is 44.0. The van der Waals surface area contributed by atoms with Crippen LogP contribution in [0.2, 0.25) is 0 Å². The van der Waals surface area contributed by atoms with Gasteiger partial charge in [-0.05, 0) is 61.1 Å². The summed E-state index contributed by atoms with van der Waals surface area (Å²) in [6, 6.07) is 16.5. The summed E-state index contributed by atoms with van der Waals surface area (Å²) < 4.78 is 5.11. The number of ether oxygens (including phenoxy) is 1. The smallest absolute Gasteiger partial charge is 0.254 e. The van der Waals surface area contributed by atoms with Crippen molar-refractivity contribution in [2.24, 2.45) is 0 Å².